The van der Waals surface area contributed by atoms with Gasteiger partial charge in [0, 0.05) is 38.1 Å². The molecule has 0 fully saturated rings. The van der Waals surface area contributed by atoms with Crippen LogP contribution >= 0.6 is 36.7 Å². The van der Waals surface area contributed by atoms with Crippen molar-refractivity contribution in [3.63, 3.8) is 0 Å². The highest BCUT2D eigenvalue weighted by atomic mass is 35.5. The Labute approximate surface area is 198 Å². The van der Waals surface area contributed by atoms with E-state index in [4.69, 9.17) is 23.2 Å². The molecule has 160 valence electrons. The van der Waals surface area contributed by atoms with Gasteiger partial charge < -0.3 is 9.80 Å². The molecule has 31 heavy (non-hydrogen) atoms. The maximum absolute atomic E-state index is 13.3. The normalized spacial score (nSPS) is 14.9. The van der Waals surface area contributed by atoms with Gasteiger partial charge in [0.05, 0.1) is 27.8 Å². The van der Waals surface area contributed by atoms with E-state index in [1.165, 1.54) is 0 Å². The number of fused-ring (bicyclic) bond motifs is 1. The number of halogens is 2. The van der Waals surface area contributed by atoms with Crippen LogP contribution in [-0.2, 0) is 0 Å². The van der Waals surface area contributed by atoms with Crippen molar-refractivity contribution in [3.05, 3.63) is 69.6 Å². The molecule has 3 aromatic rings. The van der Waals surface area contributed by atoms with Crippen molar-refractivity contribution in [2.24, 2.45) is 0 Å². The Morgan fingerprint density at radius 2 is 1.87 bits per heavy atom. The third-order valence-corrected chi connectivity index (χ3v) is 5.61. The number of carbonyl (C=O) groups is 1. The van der Waals surface area contributed by atoms with Gasteiger partial charge in [-0.05, 0) is 37.3 Å². The number of aromatic nitrogens is 3. The van der Waals surface area contributed by atoms with Gasteiger partial charge in [-0.2, -0.15) is 18.6 Å². The zero-order chi connectivity index (χ0) is 21.4. The van der Waals surface area contributed by atoms with Crippen LogP contribution in [0.1, 0.15) is 34.6 Å². The molecule has 1 atom stereocenters. The average Bonchev–Trinajstić information content (AvgIpc) is 3.16. The van der Waals surface area contributed by atoms with Crippen molar-refractivity contribution in [2.45, 2.75) is 13.0 Å². The van der Waals surface area contributed by atoms with Gasteiger partial charge in [0.2, 0.25) is 0 Å². The SMILES string of the molecule is C[C@H]1CN(c2ccc(Cl)c(Cl)c2)C(=O)c2c(C#Cc3ccc(N(C)C)nc3)cnn21.S. The van der Waals surface area contributed by atoms with Crippen LogP contribution in [0.4, 0.5) is 11.5 Å². The van der Waals surface area contributed by atoms with E-state index in [1.807, 2.05) is 38.1 Å². The fraction of sp³-hybridized carbons (Fsp3) is 0.227. The Kier molecular flexibility index (Phi) is 6.85. The summed E-state index contributed by atoms with van der Waals surface area (Å²) in [6, 6.07) is 8.96. The van der Waals surface area contributed by atoms with Crippen molar-refractivity contribution in [2.75, 3.05) is 30.4 Å². The first-order chi connectivity index (χ1) is 14.3. The van der Waals surface area contributed by atoms with Gasteiger partial charge in [-0.25, -0.2) is 4.98 Å². The molecule has 0 unspecified atom stereocenters. The van der Waals surface area contributed by atoms with Crippen LogP contribution in [0.25, 0.3) is 0 Å². The molecule has 0 aliphatic carbocycles. The summed E-state index contributed by atoms with van der Waals surface area (Å²) in [5.74, 6) is 6.84. The highest BCUT2D eigenvalue weighted by Gasteiger charge is 2.33. The molecule has 2 aromatic heterocycles. The quantitative estimate of drug-likeness (QED) is 0.518. The number of rotatable bonds is 2. The molecular formula is C22H21Cl2N5OS. The summed E-state index contributed by atoms with van der Waals surface area (Å²) in [4.78, 5) is 21.2. The van der Waals surface area contributed by atoms with E-state index in [0.29, 0.717) is 33.5 Å². The van der Waals surface area contributed by atoms with Crippen LogP contribution in [0.3, 0.4) is 0 Å². The summed E-state index contributed by atoms with van der Waals surface area (Å²) in [7, 11) is 3.86. The lowest BCUT2D eigenvalue weighted by Gasteiger charge is -2.32. The van der Waals surface area contributed by atoms with E-state index in [9.17, 15) is 4.79 Å². The number of hydrogen-bond donors (Lipinski definition) is 0. The van der Waals surface area contributed by atoms with Crippen LogP contribution < -0.4 is 9.80 Å². The van der Waals surface area contributed by atoms with Crippen LogP contribution in [-0.4, -0.2) is 41.3 Å². The highest BCUT2D eigenvalue weighted by Crippen LogP contribution is 2.31. The van der Waals surface area contributed by atoms with Crippen molar-refractivity contribution < 1.29 is 4.79 Å². The number of amides is 1. The Hall–Kier alpha value is -2.66. The summed E-state index contributed by atoms with van der Waals surface area (Å²) in [6.07, 6.45) is 3.35. The topological polar surface area (TPSA) is 54.3 Å². The van der Waals surface area contributed by atoms with E-state index in [-0.39, 0.29) is 25.4 Å². The van der Waals surface area contributed by atoms with Gasteiger partial charge in [-0.1, -0.05) is 35.0 Å². The second kappa shape index (κ2) is 9.23. The lowest BCUT2D eigenvalue weighted by atomic mass is 10.1. The molecule has 0 radical (unpaired) electrons. The Morgan fingerprint density at radius 3 is 2.52 bits per heavy atom. The van der Waals surface area contributed by atoms with Crippen molar-refractivity contribution in [3.8, 4) is 11.8 Å². The van der Waals surface area contributed by atoms with Gasteiger partial charge in [-0.15, -0.1) is 0 Å². The van der Waals surface area contributed by atoms with Gasteiger partial charge in [0.25, 0.3) is 5.91 Å². The number of carbonyl (C=O) groups excluding carboxylic acids is 1. The lowest BCUT2D eigenvalue weighted by Crippen LogP contribution is -2.43. The number of benzene rings is 1. The molecule has 4 rings (SSSR count). The van der Waals surface area contributed by atoms with Crippen molar-refractivity contribution in [1.29, 1.82) is 0 Å². The van der Waals surface area contributed by atoms with E-state index in [1.54, 1.807) is 40.2 Å². The zero-order valence-corrected chi connectivity index (χ0v) is 19.7. The molecule has 6 nitrogen and oxygen atoms in total. The van der Waals surface area contributed by atoms with E-state index in [2.05, 4.69) is 21.9 Å². The lowest BCUT2D eigenvalue weighted by molar-refractivity contribution is 0.0953. The van der Waals surface area contributed by atoms with Gasteiger partial charge in [-0.3, -0.25) is 9.48 Å². The summed E-state index contributed by atoms with van der Waals surface area (Å²) in [5.41, 5.74) is 2.49. The van der Waals surface area contributed by atoms with Crippen LogP contribution in [0.15, 0.2) is 42.7 Å². The summed E-state index contributed by atoms with van der Waals surface area (Å²) >= 11 is 12.2. The largest absolute Gasteiger partial charge is 0.363 e. The van der Waals surface area contributed by atoms with Crippen LogP contribution in [0, 0.1) is 11.8 Å². The van der Waals surface area contributed by atoms with Gasteiger partial charge >= 0.3 is 0 Å². The van der Waals surface area contributed by atoms with Gasteiger partial charge in [0.15, 0.2) is 0 Å². The average molecular weight is 474 g/mol. The minimum atomic E-state index is -0.172. The number of anilines is 2. The maximum Gasteiger partial charge on any atom is 0.277 e. The third-order valence-electron chi connectivity index (χ3n) is 4.87. The molecule has 1 amide bonds. The second-order valence-electron chi connectivity index (χ2n) is 7.26. The van der Waals surface area contributed by atoms with Gasteiger partial charge in [0.1, 0.15) is 11.5 Å². The molecular weight excluding hydrogens is 453 g/mol. The predicted octanol–water partition coefficient (Wildman–Crippen LogP) is 4.38. The fourth-order valence-electron chi connectivity index (χ4n) is 3.29. The first-order valence-electron chi connectivity index (χ1n) is 9.35. The molecule has 1 aliphatic rings. The first kappa shape index (κ1) is 23.0. The molecule has 0 saturated carbocycles. The molecule has 3 heterocycles. The number of pyridine rings is 1. The van der Waals surface area contributed by atoms with Crippen LogP contribution in [0.5, 0.6) is 0 Å². The van der Waals surface area contributed by atoms with E-state index < -0.39 is 0 Å². The molecule has 0 saturated heterocycles. The van der Waals surface area contributed by atoms with E-state index >= 15 is 0 Å². The zero-order valence-electron chi connectivity index (χ0n) is 17.2. The summed E-state index contributed by atoms with van der Waals surface area (Å²) < 4.78 is 1.73. The van der Waals surface area contributed by atoms with Crippen molar-refractivity contribution in [1.82, 2.24) is 14.8 Å². The van der Waals surface area contributed by atoms with Crippen molar-refractivity contribution >= 4 is 54.1 Å². The Morgan fingerprint density at radius 1 is 1.10 bits per heavy atom. The number of hydrogen-bond acceptors (Lipinski definition) is 4. The Balaban J connectivity index is 0.00000272. The van der Waals surface area contributed by atoms with Crippen LogP contribution in [0.2, 0.25) is 10.0 Å². The summed E-state index contributed by atoms with van der Waals surface area (Å²) in [6.45, 7) is 2.49. The third kappa shape index (κ3) is 4.52. The molecule has 1 aliphatic heterocycles. The smallest absolute Gasteiger partial charge is 0.277 e. The Bertz CT molecular complexity index is 1180. The fourth-order valence-corrected chi connectivity index (χ4v) is 3.59. The number of nitrogens with zero attached hydrogens (tertiary/aromatic N) is 5. The van der Waals surface area contributed by atoms with E-state index in [0.717, 1.165) is 11.4 Å². The predicted molar refractivity (Wildman–Crippen MR) is 130 cm³/mol. The minimum absolute atomic E-state index is 0. The summed E-state index contributed by atoms with van der Waals surface area (Å²) in [5, 5.41) is 5.25. The standard InChI is InChI=1S/C22H19Cl2N5O.H2S/c1-14-13-28(17-7-8-18(23)19(24)10-17)22(30)21-16(12-26-29(14)21)6-4-15-5-9-20(25-11-15)27(2)3;/h5,7-12,14H,13H2,1-3H3;1H2/t14-;/m0./s1. The molecule has 0 N–H and O–H groups in total. The minimum Gasteiger partial charge on any atom is -0.363 e. The highest BCUT2D eigenvalue weighted by molar-refractivity contribution is 7.59. The molecule has 9 heteroatoms. The molecule has 0 spiro atoms. The maximum atomic E-state index is 13.3. The second-order valence-corrected chi connectivity index (χ2v) is 8.08. The molecule has 0 bridgehead atoms. The monoisotopic (exact) mass is 473 g/mol. The molecule has 1 aromatic carbocycles. The first-order valence-corrected chi connectivity index (χ1v) is 10.1.